The lowest BCUT2D eigenvalue weighted by molar-refractivity contribution is 0.251. The van der Waals surface area contributed by atoms with Crippen molar-refractivity contribution < 1.29 is 13.5 Å². The van der Waals surface area contributed by atoms with Crippen molar-refractivity contribution in [3.8, 4) is 0 Å². The number of aliphatic hydroxyl groups is 1. The Kier molecular flexibility index (Phi) is 5.77. The van der Waals surface area contributed by atoms with Crippen molar-refractivity contribution in [1.82, 2.24) is 14.5 Å². The van der Waals surface area contributed by atoms with Crippen LogP contribution < -0.4 is 4.72 Å². The molecule has 0 aliphatic heterocycles. The van der Waals surface area contributed by atoms with Gasteiger partial charge in [-0.25, -0.2) is 13.1 Å². The zero-order valence-electron chi connectivity index (χ0n) is 10.8. The van der Waals surface area contributed by atoms with Crippen molar-refractivity contribution in [3.63, 3.8) is 0 Å². The Morgan fingerprint density at radius 1 is 1.50 bits per heavy atom. The van der Waals surface area contributed by atoms with Crippen molar-refractivity contribution in [2.24, 2.45) is 13.0 Å². The van der Waals surface area contributed by atoms with Crippen LogP contribution in [0.4, 0.5) is 0 Å². The molecular formula is C11H21N3O3S. The topological polar surface area (TPSA) is 84.2 Å². The van der Waals surface area contributed by atoms with Crippen LogP contribution in [0, 0.1) is 5.92 Å². The van der Waals surface area contributed by atoms with Gasteiger partial charge in [-0.15, -0.1) is 0 Å². The third-order valence-electron chi connectivity index (χ3n) is 2.85. The SMILES string of the molecule is CCCC(CCO)CNS(=O)(=O)c1ccnn1C. The van der Waals surface area contributed by atoms with Crippen LogP contribution in [-0.4, -0.2) is 36.5 Å². The van der Waals surface area contributed by atoms with E-state index in [1.54, 1.807) is 7.05 Å². The maximum atomic E-state index is 12.0. The molecule has 0 radical (unpaired) electrons. The lowest BCUT2D eigenvalue weighted by Crippen LogP contribution is -2.31. The summed E-state index contributed by atoms with van der Waals surface area (Å²) >= 11 is 0. The Morgan fingerprint density at radius 2 is 2.22 bits per heavy atom. The first-order chi connectivity index (χ1) is 8.51. The van der Waals surface area contributed by atoms with E-state index in [9.17, 15) is 8.42 Å². The average molecular weight is 275 g/mol. The minimum absolute atomic E-state index is 0.0815. The van der Waals surface area contributed by atoms with Gasteiger partial charge in [-0.05, 0) is 24.8 Å². The monoisotopic (exact) mass is 275 g/mol. The van der Waals surface area contributed by atoms with Crippen LogP contribution in [0.25, 0.3) is 0 Å². The molecule has 7 heteroatoms. The molecule has 18 heavy (non-hydrogen) atoms. The van der Waals surface area contributed by atoms with Gasteiger partial charge in [-0.3, -0.25) is 4.68 Å². The third-order valence-corrected chi connectivity index (χ3v) is 4.35. The van der Waals surface area contributed by atoms with Gasteiger partial charge in [0, 0.05) is 20.2 Å². The number of nitrogens with one attached hydrogen (secondary N) is 1. The molecule has 2 N–H and O–H groups in total. The predicted molar refractivity (Wildman–Crippen MR) is 68.5 cm³/mol. The number of rotatable bonds is 8. The van der Waals surface area contributed by atoms with Crippen LogP contribution in [0.5, 0.6) is 0 Å². The molecule has 0 spiro atoms. The maximum absolute atomic E-state index is 12.0. The van der Waals surface area contributed by atoms with Gasteiger partial charge in [0.2, 0.25) is 0 Å². The summed E-state index contributed by atoms with van der Waals surface area (Å²) in [5.74, 6) is 0.169. The highest BCUT2D eigenvalue weighted by molar-refractivity contribution is 7.89. The average Bonchev–Trinajstić information content (AvgIpc) is 2.74. The van der Waals surface area contributed by atoms with Crippen LogP contribution in [0.3, 0.4) is 0 Å². The van der Waals surface area contributed by atoms with Crippen LogP contribution in [0.1, 0.15) is 26.2 Å². The first-order valence-corrected chi connectivity index (χ1v) is 7.58. The molecular weight excluding hydrogens is 254 g/mol. The molecule has 104 valence electrons. The molecule has 1 unspecified atom stereocenters. The third kappa shape index (κ3) is 4.08. The highest BCUT2D eigenvalue weighted by Gasteiger charge is 2.19. The van der Waals surface area contributed by atoms with Crippen LogP contribution in [0.2, 0.25) is 0 Å². The number of aromatic nitrogens is 2. The van der Waals surface area contributed by atoms with Crippen molar-refractivity contribution in [2.45, 2.75) is 31.2 Å². The number of hydrogen-bond donors (Lipinski definition) is 2. The molecule has 0 saturated carbocycles. The smallest absolute Gasteiger partial charge is 0.257 e. The molecule has 0 aliphatic carbocycles. The normalized spacial score (nSPS) is 13.7. The Bertz CT molecular complexity index is 450. The second kappa shape index (κ2) is 6.86. The predicted octanol–water partition coefficient (Wildman–Crippen LogP) is 0.497. The highest BCUT2D eigenvalue weighted by Crippen LogP contribution is 2.12. The van der Waals surface area contributed by atoms with Crippen molar-refractivity contribution in [2.75, 3.05) is 13.2 Å². The van der Waals surface area contributed by atoms with E-state index in [1.807, 2.05) is 6.92 Å². The number of aryl methyl sites for hydroxylation is 1. The number of nitrogens with zero attached hydrogens (tertiary/aromatic N) is 2. The summed E-state index contributed by atoms with van der Waals surface area (Å²) in [5, 5.41) is 12.9. The van der Waals surface area contributed by atoms with Crippen molar-refractivity contribution in [1.29, 1.82) is 0 Å². The second-order valence-electron chi connectivity index (χ2n) is 4.31. The van der Waals surface area contributed by atoms with Gasteiger partial charge < -0.3 is 5.11 Å². The largest absolute Gasteiger partial charge is 0.396 e. The Hall–Kier alpha value is -0.920. The van der Waals surface area contributed by atoms with Crippen LogP contribution in [-0.2, 0) is 17.1 Å². The molecule has 0 aliphatic rings. The van der Waals surface area contributed by atoms with E-state index >= 15 is 0 Å². The first kappa shape index (κ1) is 15.1. The van der Waals surface area contributed by atoms with Crippen molar-refractivity contribution >= 4 is 10.0 Å². The summed E-state index contributed by atoms with van der Waals surface area (Å²) in [7, 11) is -1.92. The standard InChI is InChI=1S/C11H21N3O3S/c1-3-4-10(6-8-15)9-13-18(16,17)11-5-7-12-14(11)2/h5,7,10,13,15H,3-4,6,8-9H2,1-2H3. The van der Waals surface area contributed by atoms with E-state index < -0.39 is 10.0 Å². The van der Waals surface area contributed by atoms with E-state index in [0.29, 0.717) is 13.0 Å². The molecule has 1 aromatic heterocycles. The zero-order chi connectivity index (χ0) is 13.6. The maximum Gasteiger partial charge on any atom is 0.257 e. The molecule has 6 nitrogen and oxygen atoms in total. The summed E-state index contributed by atoms with van der Waals surface area (Å²) in [5.41, 5.74) is 0. The highest BCUT2D eigenvalue weighted by atomic mass is 32.2. The quantitative estimate of drug-likeness (QED) is 0.723. The minimum atomic E-state index is -3.51. The molecule has 0 fully saturated rings. The lowest BCUT2D eigenvalue weighted by atomic mass is 10.0. The van der Waals surface area contributed by atoms with E-state index in [4.69, 9.17) is 5.11 Å². The number of hydrogen-bond acceptors (Lipinski definition) is 4. The van der Waals surface area contributed by atoms with Crippen LogP contribution in [0.15, 0.2) is 17.3 Å². The van der Waals surface area contributed by atoms with Crippen molar-refractivity contribution in [3.05, 3.63) is 12.3 Å². The van der Waals surface area contributed by atoms with E-state index in [2.05, 4.69) is 9.82 Å². The second-order valence-corrected chi connectivity index (χ2v) is 6.03. The fourth-order valence-corrected chi connectivity index (χ4v) is 3.10. The van der Waals surface area contributed by atoms with E-state index in [0.717, 1.165) is 12.8 Å². The van der Waals surface area contributed by atoms with E-state index in [-0.39, 0.29) is 17.6 Å². The minimum Gasteiger partial charge on any atom is -0.396 e. The van der Waals surface area contributed by atoms with Gasteiger partial charge in [0.05, 0.1) is 6.20 Å². The summed E-state index contributed by atoms with van der Waals surface area (Å²) < 4.78 is 27.9. The summed E-state index contributed by atoms with van der Waals surface area (Å²) in [6.07, 6.45) is 3.93. The Morgan fingerprint density at radius 3 is 2.72 bits per heavy atom. The van der Waals surface area contributed by atoms with Gasteiger partial charge in [0.25, 0.3) is 10.0 Å². The zero-order valence-corrected chi connectivity index (χ0v) is 11.7. The van der Waals surface area contributed by atoms with E-state index in [1.165, 1.54) is 16.9 Å². The molecule has 1 atom stereocenters. The number of aliphatic hydroxyl groups excluding tert-OH is 1. The fraction of sp³-hybridized carbons (Fsp3) is 0.727. The fourth-order valence-electron chi connectivity index (χ4n) is 1.87. The van der Waals surface area contributed by atoms with Gasteiger partial charge >= 0.3 is 0 Å². The molecule has 0 amide bonds. The van der Waals surface area contributed by atoms with Crippen LogP contribution >= 0.6 is 0 Å². The molecule has 1 rings (SSSR count). The summed E-state index contributed by atoms with van der Waals surface area (Å²) in [6, 6.07) is 1.46. The van der Waals surface area contributed by atoms with Gasteiger partial charge in [0.1, 0.15) is 0 Å². The molecule has 0 saturated heterocycles. The summed E-state index contributed by atoms with van der Waals surface area (Å²) in [4.78, 5) is 0. The number of sulfonamides is 1. The lowest BCUT2D eigenvalue weighted by Gasteiger charge is -2.15. The molecule has 1 aromatic rings. The summed E-state index contributed by atoms with van der Waals surface area (Å²) in [6.45, 7) is 2.47. The Labute approximate surface area is 108 Å². The molecule has 0 bridgehead atoms. The Balaban J connectivity index is 2.64. The van der Waals surface area contributed by atoms with Gasteiger partial charge in [-0.2, -0.15) is 5.10 Å². The van der Waals surface area contributed by atoms with Gasteiger partial charge in [-0.1, -0.05) is 13.3 Å². The molecule has 1 heterocycles. The van der Waals surface area contributed by atoms with Gasteiger partial charge in [0.15, 0.2) is 5.03 Å². The molecule has 0 aromatic carbocycles. The first-order valence-electron chi connectivity index (χ1n) is 6.09.